The molecule has 1 aromatic carbocycles. The van der Waals surface area contributed by atoms with Crippen LogP contribution in [0.25, 0.3) is 31.5 Å². The van der Waals surface area contributed by atoms with Gasteiger partial charge in [0.05, 0.1) is 21.6 Å². The average Bonchev–Trinajstić information content (AvgIpc) is 3.25. The maximum atomic E-state index is 5.42. The first-order chi connectivity index (χ1) is 11.2. The SMILES string of the molecule is NC(N)=Nc1ccc2nc(-c3ccc(-c4cccs4)s3)[nH]c2c1. The molecule has 4 rings (SSSR count). The van der Waals surface area contributed by atoms with Crippen molar-refractivity contribution in [3.8, 4) is 20.5 Å². The minimum atomic E-state index is 0.0444. The Balaban J connectivity index is 1.73. The number of H-pyrrole nitrogens is 1. The summed E-state index contributed by atoms with van der Waals surface area (Å²) in [6.07, 6.45) is 0. The van der Waals surface area contributed by atoms with Gasteiger partial charge < -0.3 is 16.5 Å². The lowest BCUT2D eigenvalue weighted by atomic mass is 10.3. The van der Waals surface area contributed by atoms with E-state index in [1.165, 1.54) is 9.75 Å². The molecule has 7 heteroatoms. The topological polar surface area (TPSA) is 93.1 Å². The standard InChI is InChI=1S/C16H13N5S2/c17-16(18)19-9-3-4-10-11(8-9)21-15(20-10)14-6-5-13(23-14)12-2-1-7-22-12/h1-8H,(H,20,21)(H4,17,18,19). The van der Waals surface area contributed by atoms with Gasteiger partial charge in [-0.15, -0.1) is 22.7 Å². The molecule has 3 heterocycles. The number of rotatable bonds is 3. The van der Waals surface area contributed by atoms with Gasteiger partial charge in [0.15, 0.2) is 5.96 Å². The van der Waals surface area contributed by atoms with Gasteiger partial charge in [-0.3, -0.25) is 0 Å². The van der Waals surface area contributed by atoms with Crippen LogP contribution in [0.1, 0.15) is 0 Å². The zero-order chi connectivity index (χ0) is 15.8. The summed E-state index contributed by atoms with van der Waals surface area (Å²) in [5, 5.41) is 2.08. The monoisotopic (exact) mass is 339 g/mol. The number of aromatic nitrogens is 2. The first-order valence-corrected chi connectivity index (χ1v) is 8.62. The zero-order valence-corrected chi connectivity index (χ0v) is 13.6. The third-order valence-electron chi connectivity index (χ3n) is 3.33. The Morgan fingerprint density at radius 1 is 1.04 bits per heavy atom. The summed E-state index contributed by atoms with van der Waals surface area (Å²) in [5.74, 6) is 0.901. The normalized spacial score (nSPS) is 11.0. The molecular weight excluding hydrogens is 326 g/mol. The maximum absolute atomic E-state index is 5.42. The summed E-state index contributed by atoms with van der Waals surface area (Å²) in [5.41, 5.74) is 13.3. The van der Waals surface area contributed by atoms with E-state index in [-0.39, 0.29) is 5.96 Å². The van der Waals surface area contributed by atoms with Gasteiger partial charge in [0.2, 0.25) is 0 Å². The molecule has 0 spiro atoms. The van der Waals surface area contributed by atoms with Crippen LogP contribution < -0.4 is 11.5 Å². The highest BCUT2D eigenvalue weighted by molar-refractivity contribution is 7.23. The molecule has 0 aliphatic carbocycles. The van der Waals surface area contributed by atoms with E-state index in [1.54, 1.807) is 22.7 Å². The molecule has 0 aliphatic rings. The fourth-order valence-corrected chi connectivity index (χ4v) is 4.13. The van der Waals surface area contributed by atoms with E-state index in [0.29, 0.717) is 5.69 Å². The van der Waals surface area contributed by atoms with E-state index in [1.807, 2.05) is 18.2 Å². The molecule has 0 bridgehead atoms. The Morgan fingerprint density at radius 3 is 2.70 bits per heavy atom. The Bertz CT molecular complexity index is 991. The molecule has 5 N–H and O–H groups in total. The number of nitrogens with one attached hydrogen (secondary N) is 1. The first-order valence-electron chi connectivity index (χ1n) is 6.92. The maximum Gasteiger partial charge on any atom is 0.191 e. The zero-order valence-electron chi connectivity index (χ0n) is 12.0. The molecule has 0 aliphatic heterocycles. The molecular formula is C16H13N5S2. The molecule has 0 amide bonds. The van der Waals surface area contributed by atoms with Crippen molar-refractivity contribution in [3.05, 3.63) is 47.8 Å². The molecule has 23 heavy (non-hydrogen) atoms. The number of hydrogen-bond donors (Lipinski definition) is 3. The minimum Gasteiger partial charge on any atom is -0.370 e. The Morgan fingerprint density at radius 2 is 1.91 bits per heavy atom. The van der Waals surface area contributed by atoms with E-state index < -0.39 is 0 Å². The highest BCUT2D eigenvalue weighted by Gasteiger charge is 2.10. The lowest BCUT2D eigenvalue weighted by Gasteiger charge is -1.94. The predicted octanol–water partition coefficient (Wildman–Crippen LogP) is 3.92. The number of nitrogens with zero attached hydrogens (tertiary/aromatic N) is 2. The van der Waals surface area contributed by atoms with Gasteiger partial charge in [-0.1, -0.05) is 6.07 Å². The summed E-state index contributed by atoms with van der Waals surface area (Å²) in [4.78, 5) is 15.7. The number of fused-ring (bicyclic) bond motifs is 1. The van der Waals surface area contributed by atoms with Gasteiger partial charge in [0.1, 0.15) is 5.82 Å². The van der Waals surface area contributed by atoms with Crippen LogP contribution in [-0.4, -0.2) is 15.9 Å². The van der Waals surface area contributed by atoms with Gasteiger partial charge in [-0.25, -0.2) is 9.98 Å². The van der Waals surface area contributed by atoms with Crippen molar-refractivity contribution in [2.75, 3.05) is 0 Å². The lowest BCUT2D eigenvalue weighted by molar-refractivity contribution is 1.36. The Kier molecular flexibility index (Phi) is 3.36. The molecule has 4 aromatic rings. The van der Waals surface area contributed by atoms with Crippen LogP contribution in [0, 0.1) is 0 Å². The van der Waals surface area contributed by atoms with Gasteiger partial charge >= 0.3 is 0 Å². The fraction of sp³-hybridized carbons (Fsp3) is 0. The molecule has 0 atom stereocenters. The quantitative estimate of drug-likeness (QED) is 0.390. The molecule has 0 fully saturated rings. The summed E-state index contributed by atoms with van der Waals surface area (Å²) in [6.45, 7) is 0. The highest BCUT2D eigenvalue weighted by atomic mass is 32.1. The number of aromatic amines is 1. The second kappa shape index (κ2) is 5.53. The number of guanidine groups is 1. The van der Waals surface area contributed by atoms with Crippen molar-refractivity contribution >= 4 is 45.4 Å². The number of benzene rings is 1. The van der Waals surface area contributed by atoms with Gasteiger partial charge in [-0.2, -0.15) is 0 Å². The number of thiophene rings is 2. The summed E-state index contributed by atoms with van der Waals surface area (Å²) < 4.78 is 0. The smallest absolute Gasteiger partial charge is 0.191 e. The van der Waals surface area contributed by atoms with Crippen LogP contribution in [0.4, 0.5) is 5.69 Å². The summed E-state index contributed by atoms with van der Waals surface area (Å²) >= 11 is 3.46. The third kappa shape index (κ3) is 2.71. The number of aliphatic imine (C=N–C) groups is 1. The molecule has 0 unspecified atom stereocenters. The van der Waals surface area contributed by atoms with Crippen molar-refractivity contribution in [2.24, 2.45) is 16.5 Å². The molecule has 0 saturated heterocycles. The molecule has 0 radical (unpaired) electrons. The third-order valence-corrected chi connectivity index (χ3v) is 5.48. The molecule has 0 saturated carbocycles. The Hall–Kier alpha value is -2.64. The second-order valence-corrected chi connectivity index (χ2v) is 7.00. The van der Waals surface area contributed by atoms with E-state index in [4.69, 9.17) is 11.5 Å². The highest BCUT2D eigenvalue weighted by Crippen LogP contribution is 2.36. The van der Waals surface area contributed by atoms with E-state index >= 15 is 0 Å². The number of hydrogen-bond acceptors (Lipinski definition) is 4. The fourth-order valence-electron chi connectivity index (χ4n) is 2.35. The second-order valence-electron chi connectivity index (χ2n) is 4.96. The van der Waals surface area contributed by atoms with Gasteiger partial charge in [-0.05, 0) is 41.8 Å². The van der Waals surface area contributed by atoms with Crippen LogP contribution in [-0.2, 0) is 0 Å². The first kappa shape index (κ1) is 14.0. The van der Waals surface area contributed by atoms with Crippen molar-refractivity contribution in [3.63, 3.8) is 0 Å². The summed E-state index contributed by atoms with van der Waals surface area (Å²) in [6, 6.07) is 14.0. The largest absolute Gasteiger partial charge is 0.370 e. The van der Waals surface area contributed by atoms with Gasteiger partial charge in [0.25, 0.3) is 0 Å². The van der Waals surface area contributed by atoms with Crippen LogP contribution >= 0.6 is 22.7 Å². The molecule has 3 aromatic heterocycles. The minimum absolute atomic E-state index is 0.0444. The van der Waals surface area contributed by atoms with Crippen LogP contribution in [0.3, 0.4) is 0 Å². The van der Waals surface area contributed by atoms with Gasteiger partial charge in [0, 0.05) is 9.75 Å². The number of imidazole rings is 1. The predicted molar refractivity (Wildman–Crippen MR) is 98.2 cm³/mol. The lowest BCUT2D eigenvalue weighted by Crippen LogP contribution is -2.21. The van der Waals surface area contributed by atoms with Crippen molar-refractivity contribution in [1.29, 1.82) is 0 Å². The molecule has 5 nitrogen and oxygen atoms in total. The van der Waals surface area contributed by atoms with E-state index in [0.717, 1.165) is 21.7 Å². The van der Waals surface area contributed by atoms with E-state index in [9.17, 15) is 0 Å². The van der Waals surface area contributed by atoms with Crippen molar-refractivity contribution < 1.29 is 0 Å². The van der Waals surface area contributed by atoms with Crippen LogP contribution in [0.5, 0.6) is 0 Å². The van der Waals surface area contributed by atoms with E-state index in [2.05, 4.69) is 44.6 Å². The van der Waals surface area contributed by atoms with Crippen LogP contribution in [0.2, 0.25) is 0 Å². The average molecular weight is 339 g/mol. The van der Waals surface area contributed by atoms with Crippen molar-refractivity contribution in [2.45, 2.75) is 0 Å². The summed E-state index contributed by atoms with van der Waals surface area (Å²) in [7, 11) is 0. The number of nitrogens with two attached hydrogens (primary N) is 2. The Labute approximate surface area is 140 Å². The molecule has 114 valence electrons. The van der Waals surface area contributed by atoms with Crippen molar-refractivity contribution in [1.82, 2.24) is 9.97 Å². The van der Waals surface area contributed by atoms with Crippen LogP contribution in [0.15, 0.2) is 52.8 Å².